The quantitative estimate of drug-likeness (QED) is 0.464. The second kappa shape index (κ2) is 11.9. The normalized spacial score (nSPS) is 16.1. The highest BCUT2D eigenvalue weighted by Crippen LogP contribution is 2.25. The van der Waals surface area contributed by atoms with Crippen molar-refractivity contribution in [3.05, 3.63) is 65.2 Å². The first-order valence-electron chi connectivity index (χ1n) is 11.4. The van der Waals surface area contributed by atoms with Crippen molar-refractivity contribution in [3.63, 3.8) is 0 Å². The number of nitrogens with zero attached hydrogens (tertiary/aromatic N) is 2. The molecule has 2 aromatic rings. The molecule has 0 spiro atoms. The van der Waals surface area contributed by atoms with E-state index in [1.165, 1.54) is 0 Å². The summed E-state index contributed by atoms with van der Waals surface area (Å²) < 4.78 is 16.4. The van der Waals surface area contributed by atoms with Crippen LogP contribution in [0.3, 0.4) is 0 Å². The SMILES string of the molecule is CCCCC(C(=O)OCC)N1C(=O)OC[C@H]1Cc1ccc(OCc2ccc(C#N)cc2)cc1. The minimum Gasteiger partial charge on any atom is -0.489 e. The van der Waals surface area contributed by atoms with Gasteiger partial charge in [0.15, 0.2) is 0 Å². The number of nitriles is 1. The number of cyclic esters (lactones) is 1. The Balaban J connectivity index is 1.62. The predicted molar refractivity (Wildman–Crippen MR) is 123 cm³/mol. The Hall–Kier alpha value is -3.53. The minimum absolute atomic E-state index is 0.228. The molecule has 0 aliphatic carbocycles. The number of hydrogen-bond donors (Lipinski definition) is 0. The van der Waals surface area contributed by atoms with Crippen molar-refractivity contribution >= 4 is 12.1 Å². The average molecular weight is 451 g/mol. The molecule has 0 bridgehead atoms. The fraction of sp³-hybridized carbons (Fsp3) is 0.423. The van der Waals surface area contributed by atoms with Gasteiger partial charge in [0.25, 0.3) is 0 Å². The van der Waals surface area contributed by atoms with Crippen LogP contribution < -0.4 is 4.74 Å². The molecule has 174 valence electrons. The molecule has 0 saturated carbocycles. The highest BCUT2D eigenvalue weighted by atomic mass is 16.6. The summed E-state index contributed by atoms with van der Waals surface area (Å²) in [7, 11) is 0. The van der Waals surface area contributed by atoms with Crippen molar-refractivity contribution in [2.24, 2.45) is 0 Å². The number of rotatable bonds is 11. The number of unbranched alkanes of at least 4 members (excludes halogenated alkanes) is 1. The van der Waals surface area contributed by atoms with Gasteiger partial charge in [0.1, 0.15) is 25.0 Å². The number of amides is 1. The fourth-order valence-electron chi connectivity index (χ4n) is 3.85. The van der Waals surface area contributed by atoms with Gasteiger partial charge in [-0.25, -0.2) is 9.59 Å². The van der Waals surface area contributed by atoms with Crippen LogP contribution in [0.15, 0.2) is 48.5 Å². The predicted octanol–water partition coefficient (Wildman–Crippen LogP) is 4.62. The number of carbonyl (C=O) groups excluding carboxylic acids is 2. The summed E-state index contributed by atoms with van der Waals surface area (Å²) in [6.45, 7) is 4.74. The molecule has 0 N–H and O–H groups in total. The fourth-order valence-corrected chi connectivity index (χ4v) is 3.85. The van der Waals surface area contributed by atoms with Gasteiger partial charge in [-0.05, 0) is 55.2 Å². The molecule has 7 heteroatoms. The Morgan fingerprint density at radius 1 is 1.15 bits per heavy atom. The zero-order chi connectivity index (χ0) is 23.6. The Labute approximate surface area is 194 Å². The molecule has 2 aromatic carbocycles. The summed E-state index contributed by atoms with van der Waals surface area (Å²) in [6.07, 6.45) is 2.42. The standard InChI is InChI=1S/C26H30N2O5/c1-3-5-6-24(25(29)31-4-2)28-22(18-33-26(28)30)15-19-11-13-23(14-12-19)32-17-21-9-7-20(16-27)8-10-21/h7-14,22,24H,3-6,15,17-18H2,1-2H3/t22-,24?/m1/s1. The van der Waals surface area contributed by atoms with Crippen molar-refractivity contribution in [2.75, 3.05) is 13.2 Å². The molecule has 1 aliphatic heterocycles. The van der Waals surface area contributed by atoms with E-state index in [9.17, 15) is 9.59 Å². The van der Waals surface area contributed by atoms with Crippen LogP contribution in [0.5, 0.6) is 5.75 Å². The van der Waals surface area contributed by atoms with Gasteiger partial charge < -0.3 is 14.2 Å². The second-order valence-corrected chi connectivity index (χ2v) is 7.99. The third-order valence-corrected chi connectivity index (χ3v) is 5.61. The maximum Gasteiger partial charge on any atom is 0.410 e. The van der Waals surface area contributed by atoms with E-state index in [-0.39, 0.29) is 25.2 Å². The van der Waals surface area contributed by atoms with Gasteiger partial charge in [-0.1, -0.05) is 44.0 Å². The topological polar surface area (TPSA) is 88.9 Å². The number of carbonyl (C=O) groups is 2. The van der Waals surface area contributed by atoms with Gasteiger partial charge in [-0.15, -0.1) is 0 Å². The molecule has 1 saturated heterocycles. The van der Waals surface area contributed by atoms with Crippen LogP contribution in [0.1, 0.15) is 49.8 Å². The first-order chi connectivity index (χ1) is 16.0. The summed E-state index contributed by atoms with van der Waals surface area (Å²) >= 11 is 0. The molecule has 33 heavy (non-hydrogen) atoms. The van der Waals surface area contributed by atoms with E-state index in [2.05, 4.69) is 6.07 Å². The number of benzene rings is 2. The van der Waals surface area contributed by atoms with Crippen LogP contribution in [-0.4, -0.2) is 42.3 Å². The molecule has 1 fully saturated rings. The van der Waals surface area contributed by atoms with E-state index in [4.69, 9.17) is 19.5 Å². The Bertz CT molecular complexity index is 966. The van der Waals surface area contributed by atoms with Crippen molar-refractivity contribution in [1.82, 2.24) is 4.90 Å². The number of esters is 1. The summed E-state index contributed by atoms with van der Waals surface area (Å²) in [6, 6.07) is 16.2. The highest BCUT2D eigenvalue weighted by molar-refractivity contribution is 5.82. The number of hydrogen-bond acceptors (Lipinski definition) is 6. The van der Waals surface area contributed by atoms with Crippen molar-refractivity contribution in [1.29, 1.82) is 5.26 Å². The van der Waals surface area contributed by atoms with Crippen molar-refractivity contribution < 1.29 is 23.8 Å². The average Bonchev–Trinajstić information content (AvgIpc) is 3.19. The lowest BCUT2D eigenvalue weighted by Gasteiger charge is -2.29. The van der Waals surface area contributed by atoms with E-state index >= 15 is 0 Å². The summed E-state index contributed by atoms with van der Waals surface area (Å²) in [4.78, 5) is 26.6. The van der Waals surface area contributed by atoms with E-state index in [1.54, 1.807) is 24.0 Å². The molecule has 1 heterocycles. The van der Waals surface area contributed by atoms with Gasteiger partial charge in [0.2, 0.25) is 0 Å². The monoisotopic (exact) mass is 450 g/mol. The summed E-state index contributed by atoms with van der Waals surface area (Å²) in [5, 5.41) is 8.88. The molecule has 1 unspecified atom stereocenters. The maximum atomic E-state index is 12.5. The number of ether oxygens (including phenoxy) is 3. The Morgan fingerprint density at radius 2 is 1.85 bits per heavy atom. The van der Waals surface area contributed by atoms with Crippen LogP contribution in [-0.2, 0) is 27.3 Å². The minimum atomic E-state index is -0.625. The second-order valence-electron chi connectivity index (χ2n) is 7.99. The molecule has 2 atom stereocenters. The molecule has 1 amide bonds. The lowest BCUT2D eigenvalue weighted by atomic mass is 10.0. The molecular weight excluding hydrogens is 420 g/mol. The lowest BCUT2D eigenvalue weighted by molar-refractivity contribution is -0.149. The highest BCUT2D eigenvalue weighted by Gasteiger charge is 2.41. The summed E-state index contributed by atoms with van der Waals surface area (Å²) in [5.74, 6) is 0.354. The van der Waals surface area contributed by atoms with E-state index in [0.29, 0.717) is 25.0 Å². The van der Waals surface area contributed by atoms with Gasteiger partial charge in [0.05, 0.1) is 24.3 Å². The van der Waals surface area contributed by atoms with Crippen LogP contribution >= 0.6 is 0 Å². The molecule has 0 aromatic heterocycles. The van der Waals surface area contributed by atoms with Crippen molar-refractivity contribution in [2.45, 2.75) is 58.2 Å². The van der Waals surface area contributed by atoms with E-state index in [1.807, 2.05) is 43.3 Å². The Kier molecular flexibility index (Phi) is 8.71. The van der Waals surface area contributed by atoms with Gasteiger partial charge in [-0.2, -0.15) is 5.26 Å². The molecule has 7 nitrogen and oxygen atoms in total. The van der Waals surface area contributed by atoms with Crippen LogP contribution in [0, 0.1) is 11.3 Å². The van der Waals surface area contributed by atoms with Gasteiger partial charge >= 0.3 is 12.1 Å². The first kappa shape index (κ1) is 24.1. The lowest BCUT2D eigenvalue weighted by Crippen LogP contribution is -2.48. The van der Waals surface area contributed by atoms with E-state index in [0.717, 1.165) is 29.7 Å². The molecule has 3 rings (SSSR count). The first-order valence-corrected chi connectivity index (χ1v) is 11.4. The third-order valence-electron chi connectivity index (χ3n) is 5.61. The molecule has 1 aliphatic rings. The third kappa shape index (κ3) is 6.48. The largest absolute Gasteiger partial charge is 0.489 e. The van der Waals surface area contributed by atoms with Crippen LogP contribution in [0.4, 0.5) is 4.79 Å². The van der Waals surface area contributed by atoms with Crippen LogP contribution in [0.2, 0.25) is 0 Å². The van der Waals surface area contributed by atoms with Gasteiger partial charge in [0, 0.05) is 0 Å². The van der Waals surface area contributed by atoms with E-state index < -0.39 is 12.1 Å². The smallest absolute Gasteiger partial charge is 0.410 e. The summed E-state index contributed by atoms with van der Waals surface area (Å²) in [5.41, 5.74) is 2.62. The zero-order valence-corrected chi connectivity index (χ0v) is 19.2. The van der Waals surface area contributed by atoms with Crippen LogP contribution in [0.25, 0.3) is 0 Å². The molecular formula is C26H30N2O5. The maximum absolute atomic E-state index is 12.5. The van der Waals surface area contributed by atoms with Gasteiger partial charge in [-0.3, -0.25) is 4.90 Å². The molecule has 0 radical (unpaired) electrons. The van der Waals surface area contributed by atoms with Crippen molar-refractivity contribution in [3.8, 4) is 11.8 Å². The Morgan fingerprint density at radius 3 is 2.48 bits per heavy atom. The zero-order valence-electron chi connectivity index (χ0n) is 19.2.